The molecule has 1 aromatic carbocycles. The standard InChI is InChI=1S/C14H16FNO4/c1-14(7-6-12(17)18)9-20-13(19)16(14)8-10-4-2-3-5-11(10)15/h2-5H,6-9H2,1H3,(H,17,18). The molecular formula is C14H16FNO4. The maximum Gasteiger partial charge on any atom is 0.410 e. The molecule has 1 N–H and O–H groups in total. The highest BCUT2D eigenvalue weighted by molar-refractivity contribution is 5.72. The summed E-state index contributed by atoms with van der Waals surface area (Å²) in [4.78, 5) is 23.9. The molecule has 1 fully saturated rings. The van der Waals surface area contributed by atoms with Gasteiger partial charge in [0.2, 0.25) is 0 Å². The molecule has 1 amide bonds. The maximum absolute atomic E-state index is 13.7. The van der Waals surface area contributed by atoms with Gasteiger partial charge in [0, 0.05) is 12.0 Å². The Labute approximate surface area is 116 Å². The molecule has 0 spiro atoms. The van der Waals surface area contributed by atoms with E-state index in [1.54, 1.807) is 25.1 Å². The zero-order valence-electron chi connectivity index (χ0n) is 11.1. The van der Waals surface area contributed by atoms with E-state index in [9.17, 15) is 14.0 Å². The fourth-order valence-corrected chi connectivity index (χ4v) is 2.23. The molecule has 1 aliphatic heterocycles. The number of carbonyl (C=O) groups is 2. The first-order valence-corrected chi connectivity index (χ1v) is 6.32. The van der Waals surface area contributed by atoms with Crippen molar-refractivity contribution in [2.45, 2.75) is 31.8 Å². The Morgan fingerprint density at radius 2 is 2.20 bits per heavy atom. The third-order valence-corrected chi connectivity index (χ3v) is 3.54. The molecule has 1 atom stereocenters. The lowest BCUT2D eigenvalue weighted by atomic mass is 9.95. The molecule has 1 aliphatic rings. The highest BCUT2D eigenvalue weighted by atomic mass is 19.1. The Hall–Kier alpha value is -2.11. The summed E-state index contributed by atoms with van der Waals surface area (Å²) in [5, 5.41) is 8.77. The Kier molecular flexibility index (Phi) is 3.92. The normalized spacial score (nSPS) is 21.9. The average Bonchev–Trinajstić information content (AvgIpc) is 2.68. The number of hydrogen-bond donors (Lipinski definition) is 1. The number of nitrogens with zero attached hydrogens (tertiary/aromatic N) is 1. The van der Waals surface area contributed by atoms with Gasteiger partial charge in [-0.3, -0.25) is 9.69 Å². The Bertz CT molecular complexity index is 534. The fraction of sp³-hybridized carbons (Fsp3) is 0.429. The van der Waals surface area contributed by atoms with Crippen molar-refractivity contribution >= 4 is 12.1 Å². The number of ether oxygens (including phenoxy) is 1. The molecule has 108 valence electrons. The second-order valence-electron chi connectivity index (χ2n) is 5.12. The van der Waals surface area contributed by atoms with Crippen LogP contribution >= 0.6 is 0 Å². The number of hydrogen-bond acceptors (Lipinski definition) is 3. The first kappa shape index (κ1) is 14.3. The SMILES string of the molecule is CC1(CCC(=O)O)COC(=O)N1Cc1ccccc1F. The van der Waals surface area contributed by atoms with Crippen LogP contribution in [0.1, 0.15) is 25.3 Å². The summed E-state index contributed by atoms with van der Waals surface area (Å²) in [5.74, 6) is -1.33. The van der Waals surface area contributed by atoms with Crippen LogP contribution in [0.4, 0.5) is 9.18 Å². The number of cyclic esters (lactones) is 1. The number of halogens is 1. The lowest BCUT2D eigenvalue weighted by molar-refractivity contribution is -0.137. The summed E-state index contributed by atoms with van der Waals surface area (Å²) in [6.45, 7) is 1.94. The number of benzene rings is 1. The van der Waals surface area contributed by atoms with E-state index in [4.69, 9.17) is 9.84 Å². The minimum Gasteiger partial charge on any atom is -0.481 e. The first-order valence-electron chi connectivity index (χ1n) is 6.32. The number of amides is 1. The van der Waals surface area contributed by atoms with E-state index in [1.165, 1.54) is 11.0 Å². The number of carbonyl (C=O) groups excluding carboxylic acids is 1. The van der Waals surface area contributed by atoms with Crippen molar-refractivity contribution in [2.75, 3.05) is 6.61 Å². The Morgan fingerprint density at radius 3 is 2.85 bits per heavy atom. The van der Waals surface area contributed by atoms with Gasteiger partial charge in [0.15, 0.2) is 0 Å². The van der Waals surface area contributed by atoms with Gasteiger partial charge in [-0.1, -0.05) is 18.2 Å². The number of aliphatic carboxylic acids is 1. The molecule has 1 saturated heterocycles. The Morgan fingerprint density at radius 1 is 1.50 bits per heavy atom. The molecular weight excluding hydrogens is 265 g/mol. The summed E-state index contributed by atoms with van der Waals surface area (Å²) >= 11 is 0. The van der Waals surface area contributed by atoms with Gasteiger partial charge in [-0.25, -0.2) is 9.18 Å². The van der Waals surface area contributed by atoms with Gasteiger partial charge in [-0.2, -0.15) is 0 Å². The molecule has 6 heteroatoms. The summed E-state index contributed by atoms with van der Waals surface area (Å²) in [6.07, 6.45) is -0.343. The van der Waals surface area contributed by atoms with Crippen LogP contribution in [-0.2, 0) is 16.1 Å². The lowest BCUT2D eigenvalue weighted by Crippen LogP contribution is -2.44. The zero-order valence-corrected chi connectivity index (χ0v) is 11.1. The third kappa shape index (κ3) is 2.89. The van der Waals surface area contributed by atoms with Crippen LogP contribution in [0.25, 0.3) is 0 Å². The van der Waals surface area contributed by atoms with Crippen LogP contribution < -0.4 is 0 Å². The van der Waals surface area contributed by atoms with E-state index in [1.807, 2.05) is 0 Å². The summed E-state index contributed by atoms with van der Waals surface area (Å²) in [7, 11) is 0. The second-order valence-corrected chi connectivity index (χ2v) is 5.12. The van der Waals surface area contributed by atoms with Crippen LogP contribution in [0, 0.1) is 5.82 Å². The van der Waals surface area contributed by atoms with E-state index >= 15 is 0 Å². The smallest absolute Gasteiger partial charge is 0.410 e. The molecule has 0 bridgehead atoms. The van der Waals surface area contributed by atoms with E-state index in [0.717, 1.165) is 0 Å². The molecule has 1 heterocycles. The summed E-state index contributed by atoms with van der Waals surface area (Å²) in [5.41, 5.74) is -0.342. The zero-order chi connectivity index (χ0) is 14.8. The predicted molar refractivity (Wildman–Crippen MR) is 68.6 cm³/mol. The predicted octanol–water partition coefficient (Wildman–Crippen LogP) is 2.40. The largest absolute Gasteiger partial charge is 0.481 e. The highest BCUT2D eigenvalue weighted by Crippen LogP contribution is 2.30. The molecule has 1 unspecified atom stereocenters. The van der Waals surface area contributed by atoms with Gasteiger partial charge in [0.1, 0.15) is 12.4 Å². The molecule has 2 rings (SSSR count). The van der Waals surface area contributed by atoms with Crippen LogP contribution in [0.5, 0.6) is 0 Å². The molecule has 1 aromatic rings. The van der Waals surface area contributed by atoms with Gasteiger partial charge >= 0.3 is 12.1 Å². The summed E-state index contributed by atoms with van der Waals surface area (Å²) < 4.78 is 18.7. The second kappa shape index (κ2) is 5.48. The van der Waals surface area contributed by atoms with Crippen molar-refractivity contribution in [2.24, 2.45) is 0 Å². The molecule has 20 heavy (non-hydrogen) atoms. The molecule has 0 saturated carbocycles. The van der Waals surface area contributed by atoms with Crippen LogP contribution in [-0.4, -0.2) is 34.2 Å². The number of carboxylic acids is 1. The van der Waals surface area contributed by atoms with Gasteiger partial charge in [0.05, 0.1) is 12.1 Å². The monoisotopic (exact) mass is 281 g/mol. The van der Waals surface area contributed by atoms with Gasteiger partial charge in [-0.05, 0) is 19.4 Å². The topological polar surface area (TPSA) is 66.8 Å². The Balaban J connectivity index is 2.16. The third-order valence-electron chi connectivity index (χ3n) is 3.54. The average molecular weight is 281 g/mol. The van der Waals surface area contributed by atoms with E-state index in [-0.39, 0.29) is 26.0 Å². The van der Waals surface area contributed by atoms with Crippen molar-refractivity contribution < 1.29 is 23.8 Å². The van der Waals surface area contributed by atoms with E-state index < -0.39 is 23.4 Å². The molecule has 0 aromatic heterocycles. The van der Waals surface area contributed by atoms with Crippen molar-refractivity contribution in [1.82, 2.24) is 4.90 Å². The van der Waals surface area contributed by atoms with Gasteiger partial charge in [0.25, 0.3) is 0 Å². The minimum atomic E-state index is -0.934. The van der Waals surface area contributed by atoms with Crippen molar-refractivity contribution in [3.63, 3.8) is 0 Å². The quantitative estimate of drug-likeness (QED) is 0.900. The van der Waals surface area contributed by atoms with E-state index in [0.29, 0.717) is 5.56 Å². The fourth-order valence-electron chi connectivity index (χ4n) is 2.23. The van der Waals surface area contributed by atoms with Crippen LogP contribution in [0.3, 0.4) is 0 Å². The molecule has 5 nitrogen and oxygen atoms in total. The van der Waals surface area contributed by atoms with Gasteiger partial charge in [-0.15, -0.1) is 0 Å². The van der Waals surface area contributed by atoms with Crippen LogP contribution in [0.15, 0.2) is 24.3 Å². The number of rotatable bonds is 5. The first-order chi connectivity index (χ1) is 9.42. The lowest BCUT2D eigenvalue weighted by Gasteiger charge is -2.31. The van der Waals surface area contributed by atoms with Crippen molar-refractivity contribution in [1.29, 1.82) is 0 Å². The molecule has 0 radical (unpaired) electrons. The van der Waals surface area contributed by atoms with Crippen LogP contribution in [0.2, 0.25) is 0 Å². The number of carboxylic acid groups (broad SMARTS) is 1. The summed E-state index contributed by atoms with van der Waals surface area (Å²) in [6, 6.07) is 6.18. The maximum atomic E-state index is 13.7. The van der Waals surface area contributed by atoms with Crippen molar-refractivity contribution in [3.8, 4) is 0 Å². The van der Waals surface area contributed by atoms with E-state index in [2.05, 4.69) is 0 Å². The van der Waals surface area contributed by atoms with Gasteiger partial charge < -0.3 is 9.84 Å². The van der Waals surface area contributed by atoms with Crippen molar-refractivity contribution in [3.05, 3.63) is 35.6 Å². The molecule has 0 aliphatic carbocycles. The minimum absolute atomic E-state index is 0.0685. The highest BCUT2D eigenvalue weighted by Gasteiger charge is 2.43.